The predicted molar refractivity (Wildman–Crippen MR) is 99.2 cm³/mol. The number of hydrogen-bond donors (Lipinski definition) is 2. The fraction of sp³-hybridized carbons (Fsp3) is 0.167. The number of benzene rings is 1. The summed E-state index contributed by atoms with van der Waals surface area (Å²) in [6.07, 6.45) is 5.08. The first kappa shape index (κ1) is 15.7. The fourth-order valence-electron chi connectivity index (χ4n) is 2.87. The highest BCUT2D eigenvalue weighted by molar-refractivity contribution is 6.31. The van der Waals surface area contributed by atoms with E-state index in [4.69, 9.17) is 11.6 Å². The highest BCUT2D eigenvalue weighted by Crippen LogP contribution is 2.24. The number of H-pyrrole nitrogens is 1. The second-order valence-corrected chi connectivity index (χ2v) is 6.60. The maximum Gasteiger partial charge on any atom is 0.257 e. The molecule has 0 bridgehead atoms. The number of nitrogens with one attached hydrogen (secondary N) is 2. The van der Waals surface area contributed by atoms with E-state index in [0.29, 0.717) is 16.3 Å². The van der Waals surface area contributed by atoms with Gasteiger partial charge in [0.25, 0.3) is 5.91 Å². The van der Waals surface area contributed by atoms with E-state index in [1.54, 1.807) is 30.7 Å². The summed E-state index contributed by atoms with van der Waals surface area (Å²) in [5.41, 5.74) is 2.81. The van der Waals surface area contributed by atoms with Crippen LogP contribution < -0.4 is 5.32 Å². The van der Waals surface area contributed by atoms with Gasteiger partial charge in [-0.2, -0.15) is 5.10 Å². The Morgan fingerprint density at radius 2 is 2.12 bits per heavy atom. The zero-order chi connectivity index (χ0) is 17.6. The molecule has 0 radical (unpaired) electrons. The van der Waals surface area contributed by atoms with Crippen molar-refractivity contribution < 1.29 is 4.79 Å². The number of pyridine rings is 1. The number of nitrogens with zero attached hydrogens (tertiary/aromatic N) is 3. The maximum atomic E-state index is 12.6. The molecule has 4 rings (SSSR count). The Balaban J connectivity index is 1.64. The molecule has 3 heterocycles. The second-order valence-electron chi connectivity index (χ2n) is 6.17. The van der Waals surface area contributed by atoms with E-state index in [9.17, 15) is 4.79 Å². The van der Waals surface area contributed by atoms with Crippen molar-refractivity contribution in [3.63, 3.8) is 0 Å². The molecule has 3 aromatic heterocycles. The number of rotatable bonds is 3. The van der Waals surface area contributed by atoms with Crippen LogP contribution in [0, 0.1) is 0 Å². The Labute approximate surface area is 148 Å². The van der Waals surface area contributed by atoms with Crippen molar-refractivity contribution in [3.8, 4) is 0 Å². The van der Waals surface area contributed by atoms with Crippen molar-refractivity contribution in [1.82, 2.24) is 19.7 Å². The van der Waals surface area contributed by atoms with Gasteiger partial charge in [-0.3, -0.25) is 4.79 Å². The molecule has 1 amide bonds. The van der Waals surface area contributed by atoms with Crippen LogP contribution in [-0.4, -0.2) is 25.7 Å². The summed E-state index contributed by atoms with van der Waals surface area (Å²) in [5, 5.41) is 9.56. The van der Waals surface area contributed by atoms with Gasteiger partial charge in [0.1, 0.15) is 0 Å². The highest BCUT2D eigenvalue weighted by Gasteiger charge is 2.14. The van der Waals surface area contributed by atoms with Crippen molar-refractivity contribution in [3.05, 3.63) is 53.4 Å². The Hall–Kier alpha value is -2.86. The molecule has 0 fully saturated rings. The summed E-state index contributed by atoms with van der Waals surface area (Å²) in [6.45, 7) is 4.10. The topological polar surface area (TPSA) is 75.6 Å². The van der Waals surface area contributed by atoms with Gasteiger partial charge in [-0.05, 0) is 32.0 Å². The summed E-state index contributed by atoms with van der Waals surface area (Å²) in [4.78, 5) is 20.1. The Kier molecular flexibility index (Phi) is 3.69. The van der Waals surface area contributed by atoms with Crippen LogP contribution in [0.3, 0.4) is 0 Å². The molecule has 0 atom stereocenters. The fourth-order valence-corrected chi connectivity index (χ4v) is 3.04. The largest absolute Gasteiger partial charge is 0.360 e. The molecule has 1 aromatic carbocycles. The van der Waals surface area contributed by atoms with Crippen molar-refractivity contribution in [2.75, 3.05) is 5.32 Å². The summed E-state index contributed by atoms with van der Waals surface area (Å²) in [5.74, 6) is -0.203. The number of carbonyl (C=O) groups excluding carboxylic acids is 1. The number of anilines is 1. The maximum absolute atomic E-state index is 12.6. The number of halogens is 1. The van der Waals surface area contributed by atoms with Crippen LogP contribution in [0.5, 0.6) is 0 Å². The Bertz CT molecular complexity index is 1100. The first-order valence-corrected chi connectivity index (χ1v) is 8.32. The van der Waals surface area contributed by atoms with Gasteiger partial charge in [-0.15, -0.1) is 0 Å². The summed E-state index contributed by atoms with van der Waals surface area (Å²) >= 11 is 5.98. The molecule has 25 heavy (non-hydrogen) atoms. The van der Waals surface area contributed by atoms with Gasteiger partial charge in [-0.25, -0.2) is 9.67 Å². The van der Waals surface area contributed by atoms with Crippen LogP contribution in [-0.2, 0) is 0 Å². The van der Waals surface area contributed by atoms with E-state index in [1.165, 1.54) is 0 Å². The van der Waals surface area contributed by atoms with Crippen LogP contribution in [0.4, 0.5) is 5.69 Å². The van der Waals surface area contributed by atoms with Crippen LogP contribution in [0.15, 0.2) is 42.9 Å². The van der Waals surface area contributed by atoms with Crippen LogP contribution >= 0.6 is 11.6 Å². The number of aromatic amines is 1. The summed E-state index contributed by atoms with van der Waals surface area (Å²) < 4.78 is 1.85. The molecular formula is C18H16ClN5O. The molecule has 0 unspecified atom stereocenters. The number of amides is 1. The molecule has 0 aliphatic carbocycles. The zero-order valence-electron chi connectivity index (χ0n) is 13.7. The molecule has 0 aliphatic rings. The first-order chi connectivity index (χ1) is 12.0. The van der Waals surface area contributed by atoms with E-state index in [2.05, 4.69) is 20.4 Å². The Morgan fingerprint density at radius 3 is 2.92 bits per heavy atom. The van der Waals surface area contributed by atoms with Gasteiger partial charge < -0.3 is 10.3 Å². The lowest BCUT2D eigenvalue weighted by Gasteiger charge is -2.07. The molecule has 0 saturated heterocycles. The SMILES string of the molecule is CC(C)n1ncc2cc(NC(=O)c3c[nH]c4cc(Cl)ccc34)cnc21. The smallest absolute Gasteiger partial charge is 0.257 e. The molecule has 4 aromatic rings. The third-order valence-electron chi connectivity index (χ3n) is 4.07. The average molecular weight is 354 g/mol. The molecule has 6 nitrogen and oxygen atoms in total. The number of carbonyl (C=O) groups is 1. The highest BCUT2D eigenvalue weighted by atomic mass is 35.5. The van der Waals surface area contributed by atoms with Gasteiger partial charge in [-0.1, -0.05) is 17.7 Å². The van der Waals surface area contributed by atoms with Gasteiger partial charge in [0.15, 0.2) is 5.65 Å². The minimum atomic E-state index is -0.203. The predicted octanol–water partition coefficient (Wildman–Crippen LogP) is 4.40. The third-order valence-corrected chi connectivity index (χ3v) is 4.30. The molecule has 0 spiro atoms. The lowest BCUT2D eigenvalue weighted by molar-refractivity contribution is 0.102. The van der Waals surface area contributed by atoms with E-state index in [1.807, 2.05) is 30.7 Å². The average Bonchev–Trinajstić information content (AvgIpc) is 3.17. The third kappa shape index (κ3) is 2.74. The Morgan fingerprint density at radius 1 is 1.28 bits per heavy atom. The minimum Gasteiger partial charge on any atom is -0.360 e. The van der Waals surface area contributed by atoms with Gasteiger partial charge in [0.05, 0.1) is 23.6 Å². The van der Waals surface area contributed by atoms with Crippen LogP contribution in [0.1, 0.15) is 30.2 Å². The summed E-state index contributed by atoms with van der Waals surface area (Å²) in [6, 6.07) is 7.49. The van der Waals surface area contributed by atoms with Crippen molar-refractivity contribution in [1.29, 1.82) is 0 Å². The van der Waals surface area contributed by atoms with E-state index < -0.39 is 0 Å². The molecule has 0 aliphatic heterocycles. The normalized spacial score (nSPS) is 11.5. The van der Waals surface area contributed by atoms with Crippen molar-refractivity contribution >= 4 is 45.1 Å². The van der Waals surface area contributed by atoms with Crippen molar-refractivity contribution in [2.45, 2.75) is 19.9 Å². The molecule has 126 valence electrons. The van der Waals surface area contributed by atoms with Gasteiger partial charge in [0.2, 0.25) is 0 Å². The summed E-state index contributed by atoms with van der Waals surface area (Å²) in [7, 11) is 0. The molecule has 0 saturated carbocycles. The standard InChI is InChI=1S/C18H16ClN5O/c1-10(2)24-17-11(7-22-24)5-13(8-21-17)23-18(25)15-9-20-16-6-12(19)3-4-14(15)16/h3-10,20H,1-2H3,(H,23,25). The lowest BCUT2D eigenvalue weighted by atomic mass is 10.1. The monoisotopic (exact) mass is 353 g/mol. The van der Waals surface area contributed by atoms with E-state index in [0.717, 1.165) is 21.9 Å². The first-order valence-electron chi connectivity index (χ1n) is 7.94. The minimum absolute atomic E-state index is 0.203. The van der Waals surface area contributed by atoms with Gasteiger partial charge >= 0.3 is 0 Å². The molecule has 2 N–H and O–H groups in total. The van der Waals surface area contributed by atoms with Crippen LogP contribution in [0.2, 0.25) is 5.02 Å². The second kappa shape index (κ2) is 5.89. The molecular weight excluding hydrogens is 338 g/mol. The zero-order valence-corrected chi connectivity index (χ0v) is 14.5. The van der Waals surface area contributed by atoms with Crippen LogP contribution in [0.25, 0.3) is 21.9 Å². The number of aromatic nitrogens is 4. The lowest BCUT2D eigenvalue weighted by Crippen LogP contribution is -2.11. The number of fused-ring (bicyclic) bond motifs is 2. The van der Waals surface area contributed by atoms with Gasteiger partial charge in [0, 0.05) is 33.6 Å². The van der Waals surface area contributed by atoms with E-state index >= 15 is 0 Å². The number of hydrogen-bond acceptors (Lipinski definition) is 3. The van der Waals surface area contributed by atoms with Crippen molar-refractivity contribution in [2.24, 2.45) is 0 Å². The molecule has 7 heteroatoms. The van der Waals surface area contributed by atoms with E-state index in [-0.39, 0.29) is 11.9 Å². The quantitative estimate of drug-likeness (QED) is 0.573.